The van der Waals surface area contributed by atoms with E-state index in [9.17, 15) is 0 Å². The summed E-state index contributed by atoms with van der Waals surface area (Å²) in [5, 5.41) is 4.24. The smallest absolute Gasteiger partial charge is 0.222 e. The molecule has 15 heteroatoms. The van der Waals surface area contributed by atoms with Crippen LogP contribution >= 0.6 is 34.8 Å². The SMILES string of the molecule is CC(C)Oc1nc(-c2ccc(Cl)nc2)nc2c1CN(Cc1cccnc1)CC2.CC(C)Oc1nc(-c2ccc(Cl)nc2)nc2c1CNCC2.ClCc1cccnc1. The number of nitrogens with one attached hydrogen (secondary N) is 1. The van der Waals surface area contributed by atoms with Crippen molar-refractivity contribution in [1.29, 1.82) is 0 Å². The fourth-order valence-electron chi connectivity index (χ4n) is 6.03. The third-order valence-electron chi connectivity index (χ3n) is 8.67. The lowest BCUT2D eigenvalue weighted by Gasteiger charge is -2.29. The third kappa shape index (κ3) is 12.1. The lowest BCUT2D eigenvalue weighted by atomic mass is 10.1. The van der Waals surface area contributed by atoms with Gasteiger partial charge in [-0.15, -0.1) is 11.6 Å². The van der Waals surface area contributed by atoms with Crippen LogP contribution in [0.2, 0.25) is 10.3 Å². The number of pyridine rings is 4. The van der Waals surface area contributed by atoms with E-state index in [-0.39, 0.29) is 12.2 Å². The first kappa shape index (κ1) is 41.8. The highest BCUT2D eigenvalue weighted by atomic mass is 35.5. The zero-order valence-corrected chi connectivity index (χ0v) is 34.6. The Bertz CT molecular complexity index is 2180. The van der Waals surface area contributed by atoms with Gasteiger partial charge in [0.25, 0.3) is 0 Å². The van der Waals surface area contributed by atoms with Crippen molar-refractivity contribution in [1.82, 2.24) is 50.1 Å². The van der Waals surface area contributed by atoms with E-state index in [1.807, 2.05) is 64.2 Å². The van der Waals surface area contributed by atoms with Gasteiger partial charge in [-0.3, -0.25) is 14.9 Å². The first-order chi connectivity index (χ1) is 27.6. The Morgan fingerprint density at radius 1 is 0.684 bits per heavy atom. The van der Waals surface area contributed by atoms with Crippen LogP contribution in [-0.4, -0.2) is 70.1 Å². The van der Waals surface area contributed by atoms with Crippen molar-refractivity contribution in [3.8, 4) is 34.5 Å². The molecule has 2 aliphatic rings. The van der Waals surface area contributed by atoms with Crippen LogP contribution in [0.4, 0.5) is 0 Å². The molecule has 6 aromatic rings. The Morgan fingerprint density at radius 3 is 1.74 bits per heavy atom. The van der Waals surface area contributed by atoms with E-state index < -0.39 is 0 Å². The van der Waals surface area contributed by atoms with Crippen molar-refractivity contribution in [2.45, 2.75) is 78.3 Å². The molecule has 0 radical (unpaired) electrons. The topological polar surface area (TPSA) is 137 Å². The molecule has 0 aromatic carbocycles. The minimum absolute atomic E-state index is 0.0314. The maximum Gasteiger partial charge on any atom is 0.222 e. The van der Waals surface area contributed by atoms with E-state index in [0.717, 1.165) is 84.8 Å². The van der Waals surface area contributed by atoms with Crippen molar-refractivity contribution in [3.63, 3.8) is 0 Å². The van der Waals surface area contributed by atoms with Crippen molar-refractivity contribution in [2.75, 3.05) is 13.1 Å². The molecule has 0 amide bonds. The lowest BCUT2D eigenvalue weighted by molar-refractivity contribution is 0.206. The van der Waals surface area contributed by atoms with Crippen LogP contribution in [0.25, 0.3) is 22.8 Å². The van der Waals surface area contributed by atoms with Gasteiger partial charge in [-0.2, -0.15) is 9.97 Å². The number of fused-ring (bicyclic) bond motifs is 2. The molecule has 1 N–H and O–H groups in total. The monoisotopic (exact) mass is 826 g/mol. The van der Waals surface area contributed by atoms with Crippen LogP contribution in [0.5, 0.6) is 11.8 Å². The van der Waals surface area contributed by atoms with Crippen LogP contribution in [0.1, 0.15) is 61.3 Å². The molecule has 0 unspecified atom stereocenters. The minimum Gasteiger partial charge on any atom is -0.475 e. The molecule has 6 aromatic heterocycles. The molecule has 8 heterocycles. The summed E-state index contributed by atoms with van der Waals surface area (Å²) in [6, 6.07) is 15.1. The molecule has 296 valence electrons. The van der Waals surface area contributed by atoms with Gasteiger partial charge < -0.3 is 14.8 Å². The molecule has 0 fully saturated rings. The highest BCUT2D eigenvalue weighted by molar-refractivity contribution is 6.29. The zero-order valence-electron chi connectivity index (χ0n) is 32.4. The normalized spacial score (nSPS) is 13.4. The van der Waals surface area contributed by atoms with E-state index in [0.29, 0.717) is 39.6 Å². The van der Waals surface area contributed by atoms with E-state index in [1.165, 1.54) is 5.56 Å². The van der Waals surface area contributed by atoms with Gasteiger partial charge in [-0.05, 0) is 75.2 Å². The molecular weight excluding hydrogens is 783 g/mol. The van der Waals surface area contributed by atoms with Gasteiger partial charge in [-0.1, -0.05) is 35.3 Å². The predicted molar refractivity (Wildman–Crippen MR) is 223 cm³/mol. The Labute approximate surface area is 348 Å². The van der Waals surface area contributed by atoms with Crippen molar-refractivity contribution < 1.29 is 9.47 Å². The summed E-state index contributed by atoms with van der Waals surface area (Å²) in [7, 11) is 0. The molecule has 0 spiro atoms. The Balaban J connectivity index is 0.000000166. The first-order valence-electron chi connectivity index (χ1n) is 18.8. The first-order valence-corrected chi connectivity index (χ1v) is 20.1. The molecular formula is C42H45Cl3N10O2. The van der Waals surface area contributed by atoms with E-state index in [2.05, 4.69) is 46.2 Å². The number of hydrogen-bond donors (Lipinski definition) is 1. The minimum atomic E-state index is 0.0314. The Kier molecular flexibility index (Phi) is 15.0. The molecule has 0 saturated heterocycles. The third-order valence-corrected chi connectivity index (χ3v) is 9.42. The summed E-state index contributed by atoms with van der Waals surface area (Å²) < 4.78 is 11.9. The summed E-state index contributed by atoms with van der Waals surface area (Å²) >= 11 is 17.2. The van der Waals surface area contributed by atoms with Crippen molar-refractivity contribution >= 4 is 34.8 Å². The standard InChI is InChI=1S/C21H22ClN5O.C15H17ClN4O.C6H6ClN/c1-14(2)28-21-17-13-27(12-15-4-3-8-23-10-15)9-7-18(17)25-20(26-21)16-5-6-19(22)24-11-16;1-9(2)21-15-11-8-17-6-5-12(11)19-14(20-15)10-3-4-13(16)18-7-10;7-4-6-2-1-3-8-5-6/h3-6,8,10-11,14H,7,9,12-13H2,1-2H3;3-4,7,9,17H,5-6,8H2,1-2H3;1-3,5H,4H2. The molecule has 0 aliphatic carbocycles. The van der Waals surface area contributed by atoms with Crippen LogP contribution in [0, 0.1) is 0 Å². The lowest BCUT2D eigenvalue weighted by Crippen LogP contribution is -2.32. The van der Waals surface area contributed by atoms with Gasteiger partial charge in [0.05, 0.1) is 23.6 Å². The quantitative estimate of drug-likeness (QED) is 0.111. The Morgan fingerprint density at radius 2 is 1.25 bits per heavy atom. The fraction of sp³-hybridized carbons (Fsp3) is 0.333. The van der Waals surface area contributed by atoms with Gasteiger partial charge >= 0.3 is 0 Å². The van der Waals surface area contributed by atoms with Gasteiger partial charge in [-0.25, -0.2) is 19.9 Å². The maximum absolute atomic E-state index is 6.06. The molecule has 8 rings (SSSR count). The fourth-order valence-corrected chi connectivity index (χ4v) is 6.41. The van der Waals surface area contributed by atoms with E-state index in [1.54, 1.807) is 43.1 Å². The van der Waals surface area contributed by atoms with Crippen LogP contribution in [0.15, 0.2) is 85.7 Å². The van der Waals surface area contributed by atoms with E-state index in [4.69, 9.17) is 54.2 Å². The highest BCUT2D eigenvalue weighted by Crippen LogP contribution is 2.31. The molecule has 57 heavy (non-hydrogen) atoms. The number of halogens is 3. The van der Waals surface area contributed by atoms with Gasteiger partial charge in [0.15, 0.2) is 11.6 Å². The van der Waals surface area contributed by atoms with Gasteiger partial charge in [0.1, 0.15) is 10.3 Å². The average Bonchev–Trinajstić information content (AvgIpc) is 3.22. The van der Waals surface area contributed by atoms with Gasteiger partial charge in [0, 0.05) is 111 Å². The second kappa shape index (κ2) is 20.5. The summed E-state index contributed by atoms with van der Waals surface area (Å²) in [5.41, 5.74) is 8.14. The number of hydrogen-bond acceptors (Lipinski definition) is 12. The average molecular weight is 828 g/mol. The zero-order chi connectivity index (χ0) is 40.1. The molecule has 0 bridgehead atoms. The number of nitrogens with zero attached hydrogens (tertiary/aromatic N) is 9. The largest absolute Gasteiger partial charge is 0.475 e. The van der Waals surface area contributed by atoms with Gasteiger partial charge in [0.2, 0.25) is 11.8 Å². The highest BCUT2D eigenvalue weighted by Gasteiger charge is 2.25. The van der Waals surface area contributed by atoms with Crippen molar-refractivity contribution in [3.05, 3.63) is 130 Å². The number of rotatable bonds is 9. The van der Waals surface area contributed by atoms with Crippen LogP contribution in [0.3, 0.4) is 0 Å². The molecule has 0 atom stereocenters. The molecule has 0 saturated carbocycles. The van der Waals surface area contributed by atoms with E-state index >= 15 is 0 Å². The summed E-state index contributed by atoms with van der Waals surface area (Å²) in [5.74, 6) is 3.12. The van der Waals surface area contributed by atoms with Crippen molar-refractivity contribution in [2.24, 2.45) is 0 Å². The number of alkyl halides is 1. The second-order valence-corrected chi connectivity index (χ2v) is 14.9. The van der Waals surface area contributed by atoms with Crippen LogP contribution in [-0.2, 0) is 38.4 Å². The summed E-state index contributed by atoms with van der Waals surface area (Å²) in [6.07, 6.45) is 12.4. The molecule has 12 nitrogen and oxygen atoms in total. The predicted octanol–water partition coefficient (Wildman–Crippen LogP) is 8.38. The number of ether oxygens (including phenoxy) is 2. The second-order valence-electron chi connectivity index (χ2n) is 13.9. The number of aromatic nitrogens is 8. The maximum atomic E-state index is 6.06. The summed E-state index contributed by atoms with van der Waals surface area (Å²) in [4.78, 5) is 37.5. The van der Waals surface area contributed by atoms with Crippen LogP contribution < -0.4 is 14.8 Å². The molecule has 2 aliphatic heterocycles. The summed E-state index contributed by atoms with van der Waals surface area (Å²) in [6.45, 7) is 12.2. The Hall–Kier alpha value is -4.85.